The first-order chi connectivity index (χ1) is 5.22. The Morgan fingerprint density at radius 1 is 0.909 bits per heavy atom. The van der Waals surface area contributed by atoms with E-state index in [0.29, 0.717) is 0 Å². The molecule has 11 heavy (non-hydrogen) atoms. The molecular formula is C8H5F3. The van der Waals surface area contributed by atoms with Crippen LogP contribution in [0.4, 0.5) is 13.2 Å². The lowest BCUT2D eigenvalue weighted by Crippen LogP contribution is -1.76. The number of benzene rings is 1. The molecule has 0 saturated heterocycles. The van der Waals surface area contributed by atoms with Crippen LogP contribution >= 0.6 is 0 Å². The van der Waals surface area contributed by atoms with Gasteiger partial charge in [0.05, 0.1) is 0 Å². The van der Waals surface area contributed by atoms with Crippen molar-refractivity contribution in [1.82, 2.24) is 0 Å². The molecule has 0 heterocycles. The van der Waals surface area contributed by atoms with Crippen LogP contribution in [0.15, 0.2) is 36.4 Å². The Bertz CT molecular complexity index is 260. The summed E-state index contributed by atoms with van der Waals surface area (Å²) >= 11 is 0. The van der Waals surface area contributed by atoms with E-state index in [4.69, 9.17) is 0 Å². The molecule has 1 aromatic rings. The fourth-order valence-electron chi connectivity index (χ4n) is 0.694. The first-order valence-electron chi connectivity index (χ1n) is 2.98. The third-order valence-corrected chi connectivity index (χ3v) is 1.19. The van der Waals surface area contributed by atoms with Crippen molar-refractivity contribution in [2.45, 2.75) is 0 Å². The predicted molar refractivity (Wildman–Crippen MR) is 36.7 cm³/mol. The Kier molecular flexibility index (Phi) is 2.31. The SMILES string of the molecule is FC(F)=C(F)c1ccccc1. The van der Waals surface area contributed by atoms with Gasteiger partial charge in [0.1, 0.15) is 0 Å². The van der Waals surface area contributed by atoms with Crippen molar-refractivity contribution in [2.24, 2.45) is 0 Å². The standard InChI is InChI=1S/C8H5F3/c9-7(8(10)11)6-4-2-1-3-5-6/h1-5H. The van der Waals surface area contributed by atoms with Crippen LogP contribution in [0, 0.1) is 0 Å². The lowest BCUT2D eigenvalue weighted by atomic mass is 10.2. The summed E-state index contributed by atoms with van der Waals surface area (Å²) < 4.78 is 35.6. The third-order valence-electron chi connectivity index (χ3n) is 1.19. The molecule has 0 nitrogen and oxygen atoms in total. The molecule has 0 N–H and O–H groups in total. The van der Waals surface area contributed by atoms with E-state index in [1.54, 1.807) is 6.07 Å². The quantitative estimate of drug-likeness (QED) is 0.588. The molecule has 0 atom stereocenters. The van der Waals surface area contributed by atoms with Gasteiger partial charge in [0.15, 0.2) is 5.83 Å². The topological polar surface area (TPSA) is 0 Å². The Morgan fingerprint density at radius 2 is 1.45 bits per heavy atom. The van der Waals surface area contributed by atoms with Gasteiger partial charge in [-0.15, -0.1) is 0 Å². The van der Waals surface area contributed by atoms with E-state index in [0.717, 1.165) is 0 Å². The molecule has 0 amide bonds. The summed E-state index contributed by atoms with van der Waals surface area (Å²) in [6, 6.07) is 7.20. The van der Waals surface area contributed by atoms with Gasteiger partial charge in [-0.3, -0.25) is 0 Å². The van der Waals surface area contributed by atoms with Crippen molar-refractivity contribution in [1.29, 1.82) is 0 Å². The first-order valence-corrected chi connectivity index (χ1v) is 2.98. The molecule has 0 unspecified atom stereocenters. The summed E-state index contributed by atoms with van der Waals surface area (Å²) in [5.74, 6) is -1.45. The van der Waals surface area contributed by atoms with Crippen LogP contribution in [0.3, 0.4) is 0 Å². The summed E-state index contributed by atoms with van der Waals surface area (Å²) in [6.45, 7) is 0. The molecule has 3 heteroatoms. The third kappa shape index (κ3) is 1.83. The summed E-state index contributed by atoms with van der Waals surface area (Å²) in [7, 11) is 0. The van der Waals surface area contributed by atoms with Crippen molar-refractivity contribution >= 4 is 5.83 Å². The summed E-state index contributed by atoms with van der Waals surface area (Å²) in [5, 5.41) is 0. The van der Waals surface area contributed by atoms with Crippen molar-refractivity contribution in [3.8, 4) is 0 Å². The zero-order chi connectivity index (χ0) is 8.27. The van der Waals surface area contributed by atoms with Gasteiger partial charge in [-0.1, -0.05) is 30.3 Å². The van der Waals surface area contributed by atoms with Crippen LogP contribution in [0.1, 0.15) is 5.56 Å². The molecule has 0 aliphatic carbocycles. The van der Waals surface area contributed by atoms with Crippen molar-refractivity contribution in [2.75, 3.05) is 0 Å². The van der Waals surface area contributed by atoms with E-state index in [1.165, 1.54) is 24.3 Å². The second-order valence-corrected chi connectivity index (χ2v) is 1.94. The second-order valence-electron chi connectivity index (χ2n) is 1.94. The molecule has 0 aliphatic heterocycles. The highest BCUT2D eigenvalue weighted by Gasteiger charge is 2.05. The Balaban J connectivity index is 3.04. The van der Waals surface area contributed by atoms with Crippen LogP contribution in [-0.4, -0.2) is 0 Å². The lowest BCUT2D eigenvalue weighted by Gasteiger charge is -1.93. The zero-order valence-corrected chi connectivity index (χ0v) is 5.52. The molecule has 0 fully saturated rings. The minimum absolute atomic E-state index is 0.0903. The van der Waals surface area contributed by atoms with E-state index >= 15 is 0 Å². The summed E-state index contributed by atoms with van der Waals surface area (Å²) in [5.41, 5.74) is -0.0903. The Labute approximate surface area is 62.0 Å². The molecule has 0 spiro atoms. The number of hydrogen-bond donors (Lipinski definition) is 0. The molecule has 1 rings (SSSR count). The highest BCUT2D eigenvalue weighted by Crippen LogP contribution is 2.20. The molecule has 0 bridgehead atoms. The van der Waals surface area contributed by atoms with Crippen molar-refractivity contribution < 1.29 is 13.2 Å². The zero-order valence-electron chi connectivity index (χ0n) is 5.52. The summed E-state index contributed by atoms with van der Waals surface area (Å²) in [4.78, 5) is 0. The normalized spacial score (nSPS) is 9.36. The van der Waals surface area contributed by atoms with Gasteiger partial charge in [-0.2, -0.15) is 8.78 Å². The monoisotopic (exact) mass is 158 g/mol. The van der Waals surface area contributed by atoms with E-state index in [9.17, 15) is 13.2 Å². The minimum atomic E-state index is -2.28. The van der Waals surface area contributed by atoms with E-state index in [1.807, 2.05) is 0 Å². The number of halogens is 3. The number of hydrogen-bond acceptors (Lipinski definition) is 0. The first kappa shape index (κ1) is 7.85. The van der Waals surface area contributed by atoms with Gasteiger partial charge in [-0.05, 0) is 0 Å². The van der Waals surface area contributed by atoms with Gasteiger partial charge in [0.25, 0.3) is 0 Å². The fraction of sp³-hybridized carbons (Fsp3) is 0. The molecular weight excluding hydrogens is 153 g/mol. The van der Waals surface area contributed by atoms with Crippen molar-refractivity contribution in [3.05, 3.63) is 42.0 Å². The molecule has 1 aromatic carbocycles. The van der Waals surface area contributed by atoms with E-state index in [2.05, 4.69) is 0 Å². The van der Waals surface area contributed by atoms with Gasteiger partial charge in [0.2, 0.25) is 0 Å². The van der Waals surface area contributed by atoms with Crippen LogP contribution in [0.5, 0.6) is 0 Å². The van der Waals surface area contributed by atoms with E-state index in [-0.39, 0.29) is 5.56 Å². The molecule has 0 saturated carbocycles. The average Bonchev–Trinajstić information content (AvgIpc) is 2.05. The maximum atomic E-state index is 12.4. The molecule has 0 aromatic heterocycles. The van der Waals surface area contributed by atoms with Gasteiger partial charge < -0.3 is 0 Å². The highest BCUT2D eigenvalue weighted by atomic mass is 19.3. The summed E-state index contributed by atoms with van der Waals surface area (Å²) in [6.07, 6.45) is -2.28. The van der Waals surface area contributed by atoms with Gasteiger partial charge in [-0.25, -0.2) is 4.39 Å². The smallest absolute Gasteiger partial charge is 0.200 e. The predicted octanol–water partition coefficient (Wildman–Crippen LogP) is 3.22. The maximum Gasteiger partial charge on any atom is 0.306 e. The van der Waals surface area contributed by atoms with Crippen LogP contribution in [-0.2, 0) is 0 Å². The second kappa shape index (κ2) is 3.23. The van der Waals surface area contributed by atoms with Gasteiger partial charge in [0, 0.05) is 5.56 Å². The molecule has 0 aliphatic rings. The number of rotatable bonds is 1. The Morgan fingerprint density at radius 3 is 1.91 bits per heavy atom. The van der Waals surface area contributed by atoms with Crippen LogP contribution in [0.25, 0.3) is 5.83 Å². The van der Waals surface area contributed by atoms with Crippen molar-refractivity contribution in [3.63, 3.8) is 0 Å². The molecule has 0 radical (unpaired) electrons. The van der Waals surface area contributed by atoms with E-state index < -0.39 is 11.9 Å². The Hall–Kier alpha value is -1.25. The molecule has 58 valence electrons. The van der Waals surface area contributed by atoms with Crippen LogP contribution in [0.2, 0.25) is 0 Å². The highest BCUT2D eigenvalue weighted by molar-refractivity contribution is 5.59. The lowest BCUT2D eigenvalue weighted by molar-refractivity contribution is 0.410. The van der Waals surface area contributed by atoms with Gasteiger partial charge >= 0.3 is 6.08 Å². The van der Waals surface area contributed by atoms with Crippen LogP contribution < -0.4 is 0 Å². The maximum absolute atomic E-state index is 12.4. The average molecular weight is 158 g/mol. The fourth-order valence-corrected chi connectivity index (χ4v) is 0.694. The minimum Gasteiger partial charge on any atom is -0.200 e. The largest absolute Gasteiger partial charge is 0.306 e.